The number of ketones is 2. The van der Waals surface area contributed by atoms with Crippen LogP contribution in [0.1, 0.15) is 29.9 Å². The van der Waals surface area contributed by atoms with Crippen molar-refractivity contribution in [1.29, 1.82) is 0 Å². The minimum atomic E-state index is -0.734. The van der Waals surface area contributed by atoms with Gasteiger partial charge in [-0.3, -0.25) is 24.1 Å². The number of hydrogen-bond acceptors (Lipinski definition) is 6. The van der Waals surface area contributed by atoms with Gasteiger partial charge in [0.05, 0.1) is 29.1 Å². The summed E-state index contributed by atoms with van der Waals surface area (Å²) in [6.07, 6.45) is 5.35. The average molecular weight is 586 g/mol. The van der Waals surface area contributed by atoms with Crippen LogP contribution in [0.2, 0.25) is 0 Å². The molecule has 0 bridgehead atoms. The van der Waals surface area contributed by atoms with Crippen LogP contribution in [0, 0.1) is 17.8 Å². The number of allylic oxidation sites excluding steroid dienone is 6. The van der Waals surface area contributed by atoms with E-state index < -0.39 is 23.7 Å². The van der Waals surface area contributed by atoms with E-state index in [1.165, 1.54) is 24.2 Å². The quantitative estimate of drug-likeness (QED) is 0.307. The number of imide groups is 1. The molecule has 2 aromatic rings. The Kier molecular flexibility index (Phi) is 6.03. The van der Waals surface area contributed by atoms with E-state index in [4.69, 9.17) is 4.74 Å². The molecule has 2 aromatic carbocycles. The smallest absolute Gasteiger partial charge is 0.238 e. The molecule has 8 heteroatoms. The monoisotopic (exact) mass is 585 g/mol. The van der Waals surface area contributed by atoms with Crippen molar-refractivity contribution < 1.29 is 29.0 Å². The number of hydrogen-bond donors (Lipinski definition) is 1. The fourth-order valence-electron chi connectivity index (χ4n) is 6.47. The van der Waals surface area contributed by atoms with Gasteiger partial charge in [0.1, 0.15) is 11.5 Å². The van der Waals surface area contributed by atoms with Gasteiger partial charge in [0.25, 0.3) is 0 Å². The number of nitrogens with zero attached hydrogens (tertiary/aromatic N) is 1. The van der Waals surface area contributed by atoms with Crippen molar-refractivity contribution in [2.75, 3.05) is 12.0 Å². The molecule has 196 valence electrons. The summed E-state index contributed by atoms with van der Waals surface area (Å²) in [5.41, 5.74) is 3.19. The third-order valence-corrected chi connectivity index (χ3v) is 8.86. The molecule has 39 heavy (non-hydrogen) atoms. The maximum absolute atomic E-state index is 13.9. The Bertz CT molecular complexity index is 1580. The molecule has 4 aliphatic rings. The number of rotatable bonds is 4. The lowest BCUT2D eigenvalue weighted by Gasteiger charge is -2.42. The van der Waals surface area contributed by atoms with Crippen molar-refractivity contribution in [2.45, 2.75) is 18.8 Å². The van der Waals surface area contributed by atoms with Crippen molar-refractivity contribution >= 4 is 51.1 Å². The fraction of sp³-hybridized carbons (Fsp3) is 0.226. The molecular formula is C31H24BrNO6. The predicted octanol–water partition coefficient (Wildman–Crippen LogP) is 5.01. The lowest BCUT2D eigenvalue weighted by Crippen LogP contribution is -2.39. The fourth-order valence-corrected chi connectivity index (χ4v) is 6.92. The van der Waals surface area contributed by atoms with Crippen LogP contribution in [-0.4, -0.2) is 35.6 Å². The lowest BCUT2D eigenvalue weighted by molar-refractivity contribution is -0.123. The Morgan fingerprint density at radius 1 is 1.05 bits per heavy atom. The largest absolute Gasteiger partial charge is 0.507 e. The minimum absolute atomic E-state index is 0.0819. The average Bonchev–Trinajstić information content (AvgIpc) is 3.20. The van der Waals surface area contributed by atoms with Gasteiger partial charge in [0.15, 0.2) is 11.6 Å². The number of carbonyl (C=O) groups is 4. The molecule has 0 spiro atoms. The van der Waals surface area contributed by atoms with Crippen LogP contribution in [-0.2, 0) is 19.2 Å². The normalized spacial score (nSPS) is 26.1. The van der Waals surface area contributed by atoms with Crippen molar-refractivity contribution in [1.82, 2.24) is 0 Å². The van der Waals surface area contributed by atoms with E-state index in [0.717, 1.165) is 11.1 Å². The Morgan fingerprint density at radius 2 is 1.79 bits per heavy atom. The molecule has 7 nitrogen and oxygen atoms in total. The van der Waals surface area contributed by atoms with E-state index in [9.17, 15) is 24.3 Å². The van der Waals surface area contributed by atoms with Gasteiger partial charge in [0, 0.05) is 34.8 Å². The highest BCUT2D eigenvalue weighted by Gasteiger charge is 2.56. The van der Waals surface area contributed by atoms with Crippen LogP contribution in [0.4, 0.5) is 5.69 Å². The SMILES string of the molecule is C=Cc1ccc(N2C(=O)[C@H]3[C@H](CC=C4[C@H](c5ccc(OC)cc5O)C5=C(C[C@H]43)C(=O)C(Br)=CC5=O)C2=O)cc1. The molecule has 1 saturated heterocycles. The second-order valence-corrected chi connectivity index (χ2v) is 11.0. The standard InChI is InChI=1S/C31H24BrNO6/c1-3-15-4-6-16(7-5-15)33-30(37)20-11-10-18-21(27(20)31(33)38)13-22-28(25(35)14-23(32)29(22)36)26(18)19-9-8-17(39-2)12-24(19)34/h3-10,12,14,20-21,26-27,34H,1,11,13H2,2H3/t20-,21+,26+,27-/m0/s1. The molecule has 1 N–H and O–H groups in total. The molecule has 0 unspecified atom stereocenters. The summed E-state index contributed by atoms with van der Waals surface area (Å²) in [6, 6.07) is 11.9. The van der Waals surface area contributed by atoms with Crippen LogP contribution in [0.3, 0.4) is 0 Å². The van der Waals surface area contributed by atoms with E-state index in [-0.39, 0.29) is 40.0 Å². The van der Waals surface area contributed by atoms with E-state index >= 15 is 0 Å². The predicted molar refractivity (Wildman–Crippen MR) is 148 cm³/mol. The number of Topliss-reactive ketones (excluding diaryl/α,β-unsaturated/α-hetero) is 1. The molecule has 1 aliphatic heterocycles. The first-order chi connectivity index (χ1) is 18.7. The number of phenolic OH excluding ortho intramolecular Hbond substituents is 1. The number of carbonyl (C=O) groups excluding carboxylic acids is 4. The molecular weight excluding hydrogens is 562 g/mol. The molecule has 2 amide bonds. The molecule has 1 heterocycles. The summed E-state index contributed by atoms with van der Waals surface area (Å²) in [6.45, 7) is 3.75. The van der Waals surface area contributed by atoms with E-state index in [2.05, 4.69) is 22.5 Å². The Balaban J connectivity index is 1.48. The van der Waals surface area contributed by atoms with E-state index in [1.807, 2.05) is 6.08 Å². The summed E-state index contributed by atoms with van der Waals surface area (Å²) in [5, 5.41) is 11.0. The number of anilines is 1. The minimum Gasteiger partial charge on any atom is -0.507 e. The molecule has 0 radical (unpaired) electrons. The van der Waals surface area contributed by atoms with Gasteiger partial charge in [-0.25, -0.2) is 0 Å². The third kappa shape index (κ3) is 3.77. The maximum Gasteiger partial charge on any atom is 0.238 e. The number of phenols is 1. The summed E-state index contributed by atoms with van der Waals surface area (Å²) in [5.74, 6) is -3.37. The van der Waals surface area contributed by atoms with Crippen molar-refractivity contribution in [3.8, 4) is 11.5 Å². The topological polar surface area (TPSA) is 101 Å². The Hall–Kier alpha value is -4.04. The molecule has 1 fully saturated rings. The van der Waals surface area contributed by atoms with Crippen molar-refractivity contribution in [2.24, 2.45) is 17.8 Å². The number of benzene rings is 2. The number of ether oxygens (including phenoxy) is 1. The zero-order chi connectivity index (χ0) is 27.6. The molecule has 6 rings (SSSR count). The van der Waals surface area contributed by atoms with E-state index in [1.54, 1.807) is 42.5 Å². The van der Waals surface area contributed by atoms with Gasteiger partial charge in [0.2, 0.25) is 11.8 Å². The zero-order valence-corrected chi connectivity index (χ0v) is 22.6. The lowest BCUT2D eigenvalue weighted by atomic mass is 9.59. The summed E-state index contributed by atoms with van der Waals surface area (Å²) >= 11 is 3.22. The molecule has 0 saturated carbocycles. The number of halogens is 1. The van der Waals surface area contributed by atoms with Gasteiger partial charge in [-0.15, -0.1) is 0 Å². The first-order valence-electron chi connectivity index (χ1n) is 12.6. The number of methoxy groups -OCH3 is 1. The first kappa shape index (κ1) is 25.2. The van der Waals surface area contributed by atoms with Crippen molar-refractivity contribution in [3.63, 3.8) is 0 Å². The highest BCUT2D eigenvalue weighted by atomic mass is 79.9. The third-order valence-electron chi connectivity index (χ3n) is 8.27. The number of amides is 2. The van der Waals surface area contributed by atoms with Crippen LogP contribution < -0.4 is 9.64 Å². The maximum atomic E-state index is 13.9. The van der Waals surface area contributed by atoms with Crippen LogP contribution in [0.5, 0.6) is 11.5 Å². The van der Waals surface area contributed by atoms with Crippen LogP contribution >= 0.6 is 15.9 Å². The van der Waals surface area contributed by atoms with E-state index in [0.29, 0.717) is 34.6 Å². The van der Waals surface area contributed by atoms with Crippen molar-refractivity contribution in [3.05, 3.63) is 93.5 Å². The second-order valence-electron chi connectivity index (χ2n) is 10.1. The summed E-state index contributed by atoms with van der Waals surface area (Å²) in [7, 11) is 1.49. The molecule has 4 atom stereocenters. The summed E-state index contributed by atoms with van der Waals surface area (Å²) in [4.78, 5) is 55.4. The van der Waals surface area contributed by atoms with Gasteiger partial charge in [-0.1, -0.05) is 42.5 Å². The van der Waals surface area contributed by atoms with Gasteiger partial charge in [-0.05, 0) is 58.5 Å². The first-order valence-corrected chi connectivity index (χ1v) is 13.4. The Morgan fingerprint density at radius 3 is 2.46 bits per heavy atom. The van der Waals surface area contributed by atoms with Crippen LogP contribution in [0.25, 0.3) is 6.08 Å². The molecule has 0 aromatic heterocycles. The van der Waals surface area contributed by atoms with Gasteiger partial charge < -0.3 is 9.84 Å². The highest BCUT2D eigenvalue weighted by Crippen LogP contribution is 2.56. The zero-order valence-electron chi connectivity index (χ0n) is 21.0. The highest BCUT2D eigenvalue weighted by molar-refractivity contribution is 9.12. The summed E-state index contributed by atoms with van der Waals surface area (Å²) < 4.78 is 5.39. The molecule has 3 aliphatic carbocycles. The number of fused-ring (bicyclic) bond motifs is 3. The van der Waals surface area contributed by atoms with Gasteiger partial charge >= 0.3 is 0 Å². The van der Waals surface area contributed by atoms with Gasteiger partial charge in [-0.2, -0.15) is 0 Å². The number of aromatic hydroxyl groups is 1. The second kappa shape index (κ2) is 9.31. The van der Waals surface area contributed by atoms with Crippen LogP contribution in [0.15, 0.2) is 82.4 Å². The Labute approximate surface area is 233 Å².